The number of guanidine groups is 1. The Morgan fingerprint density at radius 2 is 2.07 bits per heavy atom. The van der Waals surface area contributed by atoms with Crippen molar-refractivity contribution in [2.45, 2.75) is 46.2 Å². The third-order valence-corrected chi connectivity index (χ3v) is 6.33. The maximum Gasteiger partial charge on any atom is 0.191 e. The van der Waals surface area contributed by atoms with E-state index in [-0.39, 0.29) is 24.0 Å². The number of aliphatic imine (C=N–C) groups is 1. The van der Waals surface area contributed by atoms with Crippen molar-refractivity contribution in [2.24, 2.45) is 10.4 Å². The highest BCUT2D eigenvalue weighted by atomic mass is 127. The molecule has 2 N–H and O–H groups in total. The minimum atomic E-state index is 0. The van der Waals surface area contributed by atoms with E-state index in [0.29, 0.717) is 12.0 Å². The van der Waals surface area contributed by atoms with Gasteiger partial charge in [0.15, 0.2) is 17.4 Å². The number of thiophene rings is 1. The second kappa shape index (κ2) is 8.77. The molecule has 28 heavy (non-hydrogen) atoms. The summed E-state index contributed by atoms with van der Waals surface area (Å²) in [6, 6.07) is 8.26. The molecule has 0 unspecified atom stereocenters. The lowest BCUT2D eigenvalue weighted by molar-refractivity contribution is 0.318. The predicted molar refractivity (Wildman–Crippen MR) is 126 cm³/mol. The summed E-state index contributed by atoms with van der Waals surface area (Å²) in [7, 11) is 1.79. The van der Waals surface area contributed by atoms with Crippen molar-refractivity contribution in [3.8, 4) is 0 Å². The molecule has 0 aromatic carbocycles. The molecule has 6 nitrogen and oxygen atoms in total. The molecule has 0 atom stereocenters. The van der Waals surface area contributed by atoms with Crippen LogP contribution in [0.1, 0.15) is 41.4 Å². The topological polar surface area (TPSA) is 66.6 Å². The fourth-order valence-corrected chi connectivity index (χ4v) is 4.73. The van der Waals surface area contributed by atoms with E-state index in [2.05, 4.69) is 45.7 Å². The summed E-state index contributed by atoms with van der Waals surface area (Å²) in [5.74, 6) is 1.64. The number of aromatic nitrogens is 3. The molecule has 0 fully saturated rings. The summed E-state index contributed by atoms with van der Waals surface area (Å²) in [5, 5.41) is 15.2. The molecule has 1 aliphatic rings. The van der Waals surface area contributed by atoms with Crippen LogP contribution in [0.25, 0.3) is 5.65 Å². The predicted octanol–water partition coefficient (Wildman–Crippen LogP) is 3.79. The highest BCUT2D eigenvalue weighted by Gasteiger charge is 2.26. The fourth-order valence-electron chi connectivity index (χ4n) is 3.60. The minimum absolute atomic E-state index is 0. The second-order valence-electron chi connectivity index (χ2n) is 7.83. The summed E-state index contributed by atoms with van der Waals surface area (Å²) < 4.78 is 1.98. The Bertz CT molecular complexity index is 974. The molecule has 0 saturated heterocycles. The van der Waals surface area contributed by atoms with Gasteiger partial charge in [0.05, 0.1) is 13.1 Å². The van der Waals surface area contributed by atoms with Crippen molar-refractivity contribution in [3.05, 3.63) is 51.6 Å². The van der Waals surface area contributed by atoms with Gasteiger partial charge in [-0.05, 0) is 48.4 Å². The smallest absolute Gasteiger partial charge is 0.191 e. The number of halogens is 1. The van der Waals surface area contributed by atoms with Crippen LogP contribution in [0, 0.1) is 5.41 Å². The summed E-state index contributed by atoms with van der Waals surface area (Å²) in [5.41, 5.74) is 2.81. The van der Waals surface area contributed by atoms with Gasteiger partial charge in [0, 0.05) is 23.0 Å². The largest absolute Gasteiger partial charge is 0.352 e. The number of hydrogen-bond acceptors (Lipinski definition) is 4. The molecule has 0 bridgehead atoms. The van der Waals surface area contributed by atoms with E-state index in [1.54, 1.807) is 11.9 Å². The van der Waals surface area contributed by atoms with Crippen molar-refractivity contribution >= 4 is 46.9 Å². The first-order chi connectivity index (χ1) is 13.0. The van der Waals surface area contributed by atoms with E-state index in [0.717, 1.165) is 24.0 Å². The first kappa shape index (κ1) is 21.0. The number of fused-ring (bicyclic) bond motifs is 2. The zero-order valence-corrected chi connectivity index (χ0v) is 19.7. The Labute approximate surface area is 186 Å². The number of aryl methyl sites for hydroxylation is 1. The van der Waals surface area contributed by atoms with Gasteiger partial charge in [0.1, 0.15) is 0 Å². The van der Waals surface area contributed by atoms with Crippen molar-refractivity contribution < 1.29 is 0 Å². The summed E-state index contributed by atoms with van der Waals surface area (Å²) in [4.78, 5) is 7.26. The third kappa shape index (κ3) is 4.65. The van der Waals surface area contributed by atoms with Gasteiger partial charge >= 0.3 is 0 Å². The van der Waals surface area contributed by atoms with Crippen LogP contribution in [0.3, 0.4) is 0 Å². The second-order valence-corrected chi connectivity index (χ2v) is 9.05. The molecular weight excluding hydrogens is 483 g/mol. The van der Waals surface area contributed by atoms with Crippen molar-refractivity contribution in [3.63, 3.8) is 0 Å². The van der Waals surface area contributed by atoms with Crippen molar-refractivity contribution in [1.82, 2.24) is 25.2 Å². The highest BCUT2D eigenvalue weighted by Crippen LogP contribution is 2.38. The third-order valence-electron chi connectivity index (χ3n) is 5.10. The van der Waals surface area contributed by atoms with Gasteiger partial charge < -0.3 is 10.6 Å². The van der Waals surface area contributed by atoms with Gasteiger partial charge in [0.25, 0.3) is 0 Å². The zero-order valence-electron chi connectivity index (χ0n) is 16.5. The number of pyridine rings is 1. The molecule has 0 saturated carbocycles. The molecule has 1 aliphatic carbocycles. The molecule has 8 heteroatoms. The first-order valence-electron chi connectivity index (χ1n) is 9.38. The van der Waals surface area contributed by atoms with Gasteiger partial charge in [-0.25, -0.2) is 0 Å². The van der Waals surface area contributed by atoms with Gasteiger partial charge in [-0.3, -0.25) is 9.39 Å². The molecule has 3 aromatic rings. The Morgan fingerprint density at radius 1 is 1.25 bits per heavy atom. The lowest BCUT2D eigenvalue weighted by atomic mass is 9.77. The molecule has 3 heterocycles. The standard InChI is InChI=1S/C20H26N6S.HI/c1-20(2)8-7-16-14(11-20)10-15(27-16)12-22-19(21-3)23-13-18-25-24-17-6-4-5-9-26(17)18;/h4-6,9-10H,7-8,11-13H2,1-3H3,(H2,21,22,23);1H. The molecule has 0 amide bonds. The van der Waals surface area contributed by atoms with Crippen LogP contribution in [-0.2, 0) is 25.9 Å². The van der Waals surface area contributed by atoms with E-state index in [1.807, 2.05) is 40.1 Å². The van der Waals surface area contributed by atoms with Crippen LogP contribution in [-0.4, -0.2) is 27.6 Å². The molecule has 3 aromatic heterocycles. The minimum Gasteiger partial charge on any atom is -0.352 e. The molecular formula is C20H27IN6S. The maximum atomic E-state index is 4.33. The van der Waals surface area contributed by atoms with Gasteiger partial charge in [-0.1, -0.05) is 19.9 Å². The Morgan fingerprint density at radius 3 is 2.89 bits per heavy atom. The number of nitrogens with zero attached hydrogens (tertiary/aromatic N) is 4. The van der Waals surface area contributed by atoms with Crippen molar-refractivity contribution in [1.29, 1.82) is 0 Å². The van der Waals surface area contributed by atoms with Crippen LogP contribution in [0.4, 0.5) is 0 Å². The Kier molecular flexibility index (Phi) is 6.59. The molecule has 0 aliphatic heterocycles. The SMILES string of the molecule is CN=C(NCc1cc2c(s1)CCC(C)(C)C2)NCc1nnc2ccccn12.I. The van der Waals surface area contributed by atoms with E-state index >= 15 is 0 Å². The van der Waals surface area contributed by atoms with Gasteiger partial charge in [-0.15, -0.1) is 45.5 Å². The lowest BCUT2D eigenvalue weighted by Gasteiger charge is -2.29. The summed E-state index contributed by atoms with van der Waals surface area (Å²) in [6.07, 6.45) is 5.65. The quantitative estimate of drug-likeness (QED) is 0.319. The average Bonchev–Trinajstić information content (AvgIpc) is 3.24. The van der Waals surface area contributed by atoms with Crippen LogP contribution in [0.15, 0.2) is 35.5 Å². The summed E-state index contributed by atoms with van der Waals surface area (Å²) in [6.45, 7) is 6.09. The number of rotatable bonds is 4. The number of nitrogens with one attached hydrogen (secondary N) is 2. The summed E-state index contributed by atoms with van der Waals surface area (Å²) >= 11 is 1.93. The van der Waals surface area contributed by atoms with Crippen LogP contribution < -0.4 is 10.6 Å². The first-order valence-corrected chi connectivity index (χ1v) is 10.2. The van der Waals surface area contributed by atoms with E-state index in [4.69, 9.17) is 0 Å². The molecule has 0 spiro atoms. The van der Waals surface area contributed by atoms with E-state index < -0.39 is 0 Å². The highest BCUT2D eigenvalue weighted by molar-refractivity contribution is 14.0. The fraction of sp³-hybridized carbons (Fsp3) is 0.450. The molecule has 0 radical (unpaired) electrons. The van der Waals surface area contributed by atoms with Crippen molar-refractivity contribution in [2.75, 3.05) is 7.05 Å². The van der Waals surface area contributed by atoms with Crippen LogP contribution in [0.2, 0.25) is 0 Å². The molecule has 150 valence electrons. The maximum absolute atomic E-state index is 4.33. The number of hydrogen-bond donors (Lipinski definition) is 2. The van der Waals surface area contributed by atoms with E-state index in [9.17, 15) is 0 Å². The lowest BCUT2D eigenvalue weighted by Crippen LogP contribution is -2.36. The van der Waals surface area contributed by atoms with Crippen LogP contribution >= 0.6 is 35.3 Å². The molecule has 4 rings (SSSR count). The van der Waals surface area contributed by atoms with Gasteiger partial charge in [0.2, 0.25) is 0 Å². The monoisotopic (exact) mass is 510 g/mol. The Hall–Kier alpha value is -1.68. The average molecular weight is 510 g/mol. The van der Waals surface area contributed by atoms with Gasteiger partial charge in [-0.2, -0.15) is 0 Å². The van der Waals surface area contributed by atoms with E-state index in [1.165, 1.54) is 29.7 Å². The zero-order chi connectivity index (χ0) is 18.9. The normalized spacial score (nSPS) is 15.8. The Balaban J connectivity index is 0.00000225. The van der Waals surface area contributed by atoms with Crippen LogP contribution in [0.5, 0.6) is 0 Å².